The van der Waals surface area contributed by atoms with Gasteiger partial charge in [-0.25, -0.2) is 4.98 Å². The number of anilines is 1. The SMILES string of the molecule is O=C(NC(=S)Nc1ccc2oc(-c3cccc(Cl)c3)nc2c1)c1ccc(-c2cccc(Cl)c2Cl)o1. The van der Waals surface area contributed by atoms with Gasteiger partial charge in [-0.05, 0) is 72.9 Å². The molecule has 0 saturated heterocycles. The average molecular weight is 543 g/mol. The van der Waals surface area contributed by atoms with E-state index < -0.39 is 5.91 Å². The largest absolute Gasteiger partial charge is 0.451 e. The summed E-state index contributed by atoms with van der Waals surface area (Å²) in [5, 5.41) is 6.97. The first kappa shape index (κ1) is 23.4. The van der Waals surface area contributed by atoms with E-state index in [9.17, 15) is 4.79 Å². The fraction of sp³-hybridized carbons (Fsp3) is 0. The minimum absolute atomic E-state index is 0.0679. The zero-order chi connectivity index (χ0) is 24.5. The normalized spacial score (nSPS) is 10.9. The molecule has 35 heavy (non-hydrogen) atoms. The molecule has 174 valence electrons. The molecular formula is C25H14Cl3N3O3S. The third-order valence-corrected chi connectivity index (χ3v) is 6.25. The molecule has 0 aliphatic heterocycles. The summed E-state index contributed by atoms with van der Waals surface area (Å²) in [6.45, 7) is 0. The monoisotopic (exact) mass is 541 g/mol. The summed E-state index contributed by atoms with van der Waals surface area (Å²) < 4.78 is 11.5. The first-order valence-electron chi connectivity index (χ1n) is 10.2. The van der Waals surface area contributed by atoms with Crippen molar-refractivity contribution in [3.8, 4) is 22.8 Å². The molecule has 0 bridgehead atoms. The van der Waals surface area contributed by atoms with E-state index in [1.807, 2.05) is 12.1 Å². The first-order valence-corrected chi connectivity index (χ1v) is 11.7. The predicted molar refractivity (Wildman–Crippen MR) is 142 cm³/mol. The van der Waals surface area contributed by atoms with Crippen LogP contribution in [0.4, 0.5) is 5.69 Å². The van der Waals surface area contributed by atoms with Crippen molar-refractivity contribution < 1.29 is 13.6 Å². The molecule has 5 rings (SSSR count). The third kappa shape index (κ3) is 5.04. The molecular weight excluding hydrogens is 529 g/mol. The zero-order valence-corrected chi connectivity index (χ0v) is 20.7. The van der Waals surface area contributed by atoms with Gasteiger partial charge in [-0.1, -0.05) is 46.9 Å². The highest BCUT2D eigenvalue weighted by Crippen LogP contribution is 2.34. The lowest BCUT2D eigenvalue weighted by Gasteiger charge is -2.08. The fourth-order valence-electron chi connectivity index (χ4n) is 3.38. The van der Waals surface area contributed by atoms with Crippen molar-refractivity contribution in [2.75, 3.05) is 5.32 Å². The van der Waals surface area contributed by atoms with Gasteiger partial charge >= 0.3 is 0 Å². The van der Waals surface area contributed by atoms with Gasteiger partial charge in [-0.15, -0.1) is 0 Å². The Morgan fingerprint density at radius 3 is 2.57 bits per heavy atom. The maximum Gasteiger partial charge on any atom is 0.293 e. The number of rotatable bonds is 4. The van der Waals surface area contributed by atoms with Crippen LogP contribution in [-0.4, -0.2) is 16.0 Å². The number of thiocarbonyl (C=S) groups is 1. The second kappa shape index (κ2) is 9.71. The average Bonchev–Trinajstić information content (AvgIpc) is 3.48. The summed E-state index contributed by atoms with van der Waals surface area (Å²) in [7, 11) is 0. The summed E-state index contributed by atoms with van der Waals surface area (Å²) >= 11 is 23.6. The van der Waals surface area contributed by atoms with E-state index in [-0.39, 0.29) is 10.9 Å². The number of halogens is 3. The number of carbonyl (C=O) groups is 1. The molecule has 0 unspecified atom stereocenters. The second-order valence-corrected chi connectivity index (χ2v) is 9.02. The Kier molecular flexibility index (Phi) is 6.49. The molecule has 0 atom stereocenters. The van der Waals surface area contributed by atoms with Crippen LogP contribution in [-0.2, 0) is 0 Å². The van der Waals surface area contributed by atoms with Gasteiger partial charge in [0.2, 0.25) is 5.89 Å². The number of hydrogen-bond acceptors (Lipinski definition) is 5. The fourth-order valence-corrected chi connectivity index (χ4v) is 4.17. The van der Waals surface area contributed by atoms with Gasteiger partial charge in [0, 0.05) is 21.8 Å². The lowest BCUT2D eigenvalue weighted by Crippen LogP contribution is -2.33. The Labute approximate surface area is 219 Å². The molecule has 0 fully saturated rings. The summed E-state index contributed by atoms with van der Waals surface area (Å²) in [4.78, 5) is 17.1. The Bertz CT molecular complexity index is 1600. The predicted octanol–water partition coefficient (Wildman–Crippen LogP) is 7.84. The minimum Gasteiger partial charge on any atom is -0.451 e. The van der Waals surface area contributed by atoms with Crippen LogP contribution in [0.25, 0.3) is 33.9 Å². The van der Waals surface area contributed by atoms with Crippen molar-refractivity contribution in [3.05, 3.63) is 93.6 Å². The standard InChI is InChI=1S/C25H14Cl3N3O3S/c26-14-4-1-3-13(11-14)24-30-18-12-15(7-8-20(18)34-24)29-25(35)31-23(32)21-10-9-19(33-21)16-5-2-6-17(27)22(16)28/h1-12H,(H2,29,31,32,35). The van der Waals surface area contributed by atoms with Gasteiger partial charge in [0.25, 0.3) is 5.91 Å². The smallest absolute Gasteiger partial charge is 0.293 e. The number of aromatic nitrogens is 1. The summed E-state index contributed by atoms with van der Waals surface area (Å²) in [6.07, 6.45) is 0. The highest BCUT2D eigenvalue weighted by molar-refractivity contribution is 7.80. The van der Waals surface area contributed by atoms with E-state index >= 15 is 0 Å². The molecule has 6 nitrogen and oxygen atoms in total. The first-order chi connectivity index (χ1) is 16.9. The zero-order valence-electron chi connectivity index (χ0n) is 17.6. The van der Waals surface area contributed by atoms with Gasteiger partial charge in [0.1, 0.15) is 11.3 Å². The molecule has 2 aromatic heterocycles. The van der Waals surface area contributed by atoms with Crippen molar-refractivity contribution in [3.63, 3.8) is 0 Å². The molecule has 10 heteroatoms. The van der Waals surface area contributed by atoms with Gasteiger partial charge < -0.3 is 14.2 Å². The van der Waals surface area contributed by atoms with Crippen molar-refractivity contribution in [1.29, 1.82) is 0 Å². The summed E-state index contributed by atoms with van der Waals surface area (Å²) in [5.74, 6) is 0.411. The third-order valence-electron chi connectivity index (χ3n) is 4.99. The topological polar surface area (TPSA) is 80.3 Å². The molecule has 0 spiro atoms. The number of fused-ring (bicyclic) bond motifs is 1. The van der Waals surface area contributed by atoms with Crippen LogP contribution < -0.4 is 10.6 Å². The summed E-state index contributed by atoms with van der Waals surface area (Å²) in [5.41, 5.74) is 3.19. The number of nitrogens with zero attached hydrogens (tertiary/aromatic N) is 1. The lowest BCUT2D eigenvalue weighted by molar-refractivity contribution is 0.0951. The molecule has 5 aromatic rings. The highest BCUT2D eigenvalue weighted by atomic mass is 35.5. The molecule has 2 N–H and O–H groups in total. The van der Waals surface area contributed by atoms with Crippen molar-refractivity contribution in [1.82, 2.24) is 10.3 Å². The van der Waals surface area contributed by atoms with E-state index in [2.05, 4.69) is 15.6 Å². The Morgan fingerprint density at radius 2 is 1.74 bits per heavy atom. The Balaban J connectivity index is 1.28. The number of furan rings is 1. The number of carbonyl (C=O) groups excluding carboxylic acids is 1. The van der Waals surface area contributed by atoms with E-state index in [0.29, 0.717) is 49.1 Å². The van der Waals surface area contributed by atoms with Crippen molar-refractivity contribution in [2.24, 2.45) is 0 Å². The molecule has 0 radical (unpaired) electrons. The lowest BCUT2D eigenvalue weighted by atomic mass is 10.2. The Hall–Kier alpha value is -3.36. The number of benzene rings is 3. The van der Waals surface area contributed by atoms with Crippen LogP contribution in [0.15, 0.2) is 81.6 Å². The molecule has 0 aliphatic carbocycles. The minimum atomic E-state index is -0.516. The van der Waals surface area contributed by atoms with E-state index in [1.165, 1.54) is 6.07 Å². The maximum absolute atomic E-state index is 12.6. The number of amides is 1. The van der Waals surface area contributed by atoms with Gasteiger partial charge in [0.05, 0.1) is 10.0 Å². The molecule has 3 aromatic carbocycles. The van der Waals surface area contributed by atoms with Crippen LogP contribution in [0.1, 0.15) is 10.6 Å². The summed E-state index contributed by atoms with van der Waals surface area (Å²) in [6, 6.07) is 20.9. The van der Waals surface area contributed by atoms with Crippen molar-refractivity contribution in [2.45, 2.75) is 0 Å². The van der Waals surface area contributed by atoms with E-state index in [0.717, 1.165) is 5.56 Å². The van der Waals surface area contributed by atoms with Gasteiger partial charge in [0.15, 0.2) is 16.5 Å². The number of oxazole rings is 1. The van der Waals surface area contributed by atoms with Crippen LogP contribution in [0, 0.1) is 0 Å². The Morgan fingerprint density at radius 1 is 0.914 bits per heavy atom. The molecule has 0 aliphatic rings. The van der Waals surface area contributed by atoms with Gasteiger partial charge in [-0.3, -0.25) is 10.1 Å². The number of nitrogens with one attached hydrogen (secondary N) is 2. The quantitative estimate of drug-likeness (QED) is 0.225. The van der Waals surface area contributed by atoms with Crippen LogP contribution in [0.5, 0.6) is 0 Å². The van der Waals surface area contributed by atoms with E-state index in [4.69, 9.17) is 55.9 Å². The van der Waals surface area contributed by atoms with Crippen LogP contribution in [0.2, 0.25) is 15.1 Å². The van der Waals surface area contributed by atoms with Crippen molar-refractivity contribution >= 4 is 74.8 Å². The van der Waals surface area contributed by atoms with Gasteiger partial charge in [-0.2, -0.15) is 0 Å². The second-order valence-electron chi connectivity index (χ2n) is 7.39. The van der Waals surface area contributed by atoms with Crippen LogP contribution in [0.3, 0.4) is 0 Å². The van der Waals surface area contributed by atoms with Crippen LogP contribution >= 0.6 is 47.0 Å². The molecule has 0 saturated carbocycles. The van der Waals surface area contributed by atoms with E-state index in [1.54, 1.807) is 54.6 Å². The maximum atomic E-state index is 12.6. The molecule has 1 amide bonds. The molecule has 2 heterocycles. The highest BCUT2D eigenvalue weighted by Gasteiger charge is 2.16. The number of hydrogen-bond donors (Lipinski definition) is 2.